The highest BCUT2D eigenvalue weighted by Gasteiger charge is 2.04. The molecule has 0 bridgehead atoms. The van der Waals surface area contributed by atoms with Crippen molar-refractivity contribution in [3.05, 3.63) is 41.5 Å². The molecular weight excluding hydrogens is 220 g/mol. The lowest BCUT2D eigenvalue weighted by Crippen LogP contribution is -2.23. The van der Waals surface area contributed by atoms with Gasteiger partial charge in [-0.25, -0.2) is 0 Å². The van der Waals surface area contributed by atoms with Crippen LogP contribution in [0.15, 0.2) is 30.3 Å². The maximum absolute atomic E-state index is 9.22. The van der Waals surface area contributed by atoms with E-state index >= 15 is 0 Å². The zero-order valence-corrected chi connectivity index (χ0v) is 9.21. The van der Waals surface area contributed by atoms with E-state index in [2.05, 4.69) is 4.98 Å². The number of hydrogen-bond donors (Lipinski definition) is 3. The fourth-order valence-electron chi connectivity index (χ4n) is 1.27. The molecule has 2 rings (SSSR count). The van der Waals surface area contributed by atoms with Crippen molar-refractivity contribution in [3.8, 4) is 11.6 Å². The van der Waals surface area contributed by atoms with E-state index < -0.39 is 0 Å². The Morgan fingerprint density at radius 2 is 2.00 bits per heavy atom. The van der Waals surface area contributed by atoms with Crippen LogP contribution >= 0.6 is 0 Å². The Balaban J connectivity index is 2.30. The SMILES string of the molecule is Cc1ccc(Oc2cc(N)n(O)c(=N)n2)cc1. The molecule has 2 aromatic rings. The van der Waals surface area contributed by atoms with Gasteiger partial charge < -0.3 is 15.7 Å². The number of aromatic nitrogens is 2. The molecule has 0 aliphatic rings. The molecule has 6 heteroatoms. The monoisotopic (exact) mass is 232 g/mol. The van der Waals surface area contributed by atoms with Crippen LogP contribution in [-0.4, -0.2) is 14.9 Å². The van der Waals surface area contributed by atoms with E-state index in [1.54, 1.807) is 12.1 Å². The molecule has 1 aromatic heterocycles. The summed E-state index contributed by atoms with van der Waals surface area (Å²) in [6.07, 6.45) is 0. The summed E-state index contributed by atoms with van der Waals surface area (Å²) >= 11 is 0. The summed E-state index contributed by atoms with van der Waals surface area (Å²) in [4.78, 5) is 3.73. The first kappa shape index (κ1) is 11.0. The van der Waals surface area contributed by atoms with E-state index in [9.17, 15) is 5.21 Å². The first-order chi connectivity index (χ1) is 8.06. The van der Waals surface area contributed by atoms with Crippen molar-refractivity contribution >= 4 is 5.82 Å². The van der Waals surface area contributed by atoms with E-state index in [0.29, 0.717) is 10.5 Å². The number of ether oxygens (including phenoxy) is 1. The number of rotatable bonds is 2. The maximum atomic E-state index is 9.22. The summed E-state index contributed by atoms with van der Waals surface area (Å²) in [6.45, 7) is 1.97. The second-order valence-electron chi connectivity index (χ2n) is 3.57. The smallest absolute Gasteiger partial charge is 0.260 e. The van der Waals surface area contributed by atoms with Crippen LogP contribution in [0.3, 0.4) is 0 Å². The van der Waals surface area contributed by atoms with Gasteiger partial charge in [-0.3, -0.25) is 5.41 Å². The molecule has 0 saturated carbocycles. The van der Waals surface area contributed by atoms with Crippen molar-refractivity contribution in [2.75, 3.05) is 5.73 Å². The van der Waals surface area contributed by atoms with Crippen LogP contribution in [-0.2, 0) is 0 Å². The van der Waals surface area contributed by atoms with Crippen LogP contribution in [0, 0.1) is 12.3 Å². The highest BCUT2D eigenvalue weighted by Crippen LogP contribution is 2.19. The van der Waals surface area contributed by atoms with Crippen molar-refractivity contribution in [2.24, 2.45) is 0 Å². The molecule has 0 spiro atoms. The summed E-state index contributed by atoms with van der Waals surface area (Å²) in [5.74, 6) is 0.756. The predicted octanol–water partition coefficient (Wildman–Crippen LogP) is 1.28. The van der Waals surface area contributed by atoms with Gasteiger partial charge in [0.2, 0.25) is 5.88 Å². The first-order valence-corrected chi connectivity index (χ1v) is 4.94. The molecule has 0 amide bonds. The van der Waals surface area contributed by atoms with Gasteiger partial charge in [0.05, 0.1) is 0 Å². The molecule has 0 unspecified atom stereocenters. The summed E-state index contributed by atoms with van der Waals surface area (Å²) in [6, 6.07) is 8.72. The average molecular weight is 232 g/mol. The number of nitrogen functional groups attached to an aromatic ring is 1. The topological polar surface area (TPSA) is 97.1 Å². The van der Waals surface area contributed by atoms with Crippen molar-refractivity contribution in [2.45, 2.75) is 6.92 Å². The lowest BCUT2D eigenvalue weighted by Gasteiger charge is -2.07. The summed E-state index contributed by atoms with van der Waals surface area (Å²) in [5, 5.41) is 16.6. The molecule has 1 heterocycles. The van der Waals surface area contributed by atoms with Gasteiger partial charge in [0.15, 0.2) is 0 Å². The molecular formula is C11H12N4O2. The van der Waals surface area contributed by atoms with Gasteiger partial charge in [-0.1, -0.05) is 17.7 Å². The van der Waals surface area contributed by atoms with Crippen LogP contribution < -0.4 is 16.1 Å². The Morgan fingerprint density at radius 1 is 1.35 bits per heavy atom. The van der Waals surface area contributed by atoms with Crippen LogP contribution in [0.4, 0.5) is 5.82 Å². The zero-order chi connectivity index (χ0) is 12.4. The zero-order valence-electron chi connectivity index (χ0n) is 9.21. The second kappa shape index (κ2) is 4.17. The summed E-state index contributed by atoms with van der Waals surface area (Å²) < 4.78 is 5.89. The number of nitrogens with two attached hydrogens (primary N) is 1. The average Bonchev–Trinajstić information content (AvgIpc) is 2.29. The number of nitrogens with zero attached hydrogens (tertiary/aromatic N) is 2. The van der Waals surface area contributed by atoms with Gasteiger partial charge in [-0.05, 0) is 19.1 Å². The van der Waals surface area contributed by atoms with Crippen molar-refractivity contribution < 1.29 is 9.94 Å². The minimum atomic E-state index is -0.382. The van der Waals surface area contributed by atoms with Gasteiger partial charge in [0.25, 0.3) is 5.62 Å². The molecule has 17 heavy (non-hydrogen) atoms. The number of anilines is 1. The molecule has 6 nitrogen and oxygen atoms in total. The fraction of sp³-hybridized carbons (Fsp3) is 0.0909. The highest BCUT2D eigenvalue weighted by atomic mass is 16.5. The van der Waals surface area contributed by atoms with Crippen LogP contribution in [0.5, 0.6) is 11.6 Å². The largest absolute Gasteiger partial charge is 0.439 e. The molecule has 0 fully saturated rings. The Bertz CT molecular complexity index is 589. The van der Waals surface area contributed by atoms with E-state index in [-0.39, 0.29) is 17.3 Å². The first-order valence-electron chi connectivity index (χ1n) is 4.94. The molecule has 88 valence electrons. The van der Waals surface area contributed by atoms with Crippen LogP contribution in [0.2, 0.25) is 0 Å². The third-order valence-corrected chi connectivity index (χ3v) is 2.18. The lowest BCUT2D eigenvalue weighted by molar-refractivity contribution is 0.170. The fourth-order valence-corrected chi connectivity index (χ4v) is 1.27. The normalized spacial score (nSPS) is 10.2. The van der Waals surface area contributed by atoms with E-state index in [1.807, 2.05) is 19.1 Å². The number of hydrogen-bond acceptors (Lipinski definition) is 5. The van der Waals surface area contributed by atoms with Crippen LogP contribution in [0.1, 0.15) is 5.56 Å². The number of aryl methyl sites for hydroxylation is 1. The Kier molecular flexibility index (Phi) is 2.70. The van der Waals surface area contributed by atoms with Gasteiger partial charge in [-0.2, -0.15) is 4.98 Å². The van der Waals surface area contributed by atoms with Crippen LogP contribution in [0.25, 0.3) is 0 Å². The molecule has 0 aliphatic heterocycles. The molecule has 0 aliphatic carbocycles. The maximum Gasteiger partial charge on any atom is 0.260 e. The lowest BCUT2D eigenvalue weighted by atomic mass is 10.2. The number of benzene rings is 1. The van der Waals surface area contributed by atoms with Gasteiger partial charge in [0.1, 0.15) is 11.6 Å². The van der Waals surface area contributed by atoms with E-state index in [1.165, 1.54) is 6.07 Å². The summed E-state index contributed by atoms with van der Waals surface area (Å²) in [5.41, 5.74) is 6.21. The number of nitrogens with one attached hydrogen (secondary N) is 1. The third-order valence-electron chi connectivity index (χ3n) is 2.18. The van der Waals surface area contributed by atoms with E-state index in [0.717, 1.165) is 5.56 Å². The Labute approximate surface area is 97.4 Å². The van der Waals surface area contributed by atoms with Crippen molar-refractivity contribution in [3.63, 3.8) is 0 Å². The van der Waals surface area contributed by atoms with Crippen molar-refractivity contribution in [1.82, 2.24) is 9.71 Å². The summed E-state index contributed by atoms with van der Waals surface area (Å²) in [7, 11) is 0. The minimum Gasteiger partial charge on any atom is -0.439 e. The molecule has 1 aromatic carbocycles. The second-order valence-corrected chi connectivity index (χ2v) is 3.57. The molecule has 0 saturated heterocycles. The molecule has 0 radical (unpaired) electrons. The van der Waals surface area contributed by atoms with Gasteiger partial charge >= 0.3 is 0 Å². The Hall–Kier alpha value is -2.50. The molecule has 4 N–H and O–H groups in total. The standard InChI is InChI=1S/C11H12N4O2/c1-7-2-4-8(5-3-7)17-10-6-9(12)15(16)11(13)14-10/h2-6,13,16H,12H2,1H3. The van der Waals surface area contributed by atoms with E-state index in [4.69, 9.17) is 15.9 Å². The molecule has 0 atom stereocenters. The minimum absolute atomic E-state index is 0.00730. The van der Waals surface area contributed by atoms with Crippen molar-refractivity contribution in [1.29, 1.82) is 5.41 Å². The third kappa shape index (κ3) is 2.36. The van der Waals surface area contributed by atoms with Gasteiger partial charge in [-0.15, -0.1) is 4.73 Å². The highest BCUT2D eigenvalue weighted by molar-refractivity contribution is 5.35. The Morgan fingerprint density at radius 3 is 2.59 bits per heavy atom. The quantitative estimate of drug-likeness (QED) is 0.679. The van der Waals surface area contributed by atoms with Gasteiger partial charge in [0, 0.05) is 6.07 Å². The predicted molar refractivity (Wildman–Crippen MR) is 60.9 cm³/mol.